The van der Waals surface area contributed by atoms with E-state index in [1.807, 2.05) is 35.9 Å². The Bertz CT molecular complexity index is 796. The van der Waals surface area contributed by atoms with Crippen molar-refractivity contribution in [3.63, 3.8) is 0 Å². The van der Waals surface area contributed by atoms with Crippen molar-refractivity contribution in [1.29, 1.82) is 0 Å². The number of fused-ring (bicyclic) bond motifs is 1. The molecule has 0 amide bonds. The molecule has 1 saturated heterocycles. The van der Waals surface area contributed by atoms with E-state index in [0.717, 1.165) is 43.2 Å². The molecule has 3 heterocycles. The molecule has 1 aliphatic rings. The van der Waals surface area contributed by atoms with Gasteiger partial charge in [-0.2, -0.15) is 0 Å². The van der Waals surface area contributed by atoms with Crippen molar-refractivity contribution < 1.29 is 9.53 Å². The van der Waals surface area contributed by atoms with Crippen molar-refractivity contribution in [2.75, 3.05) is 26.7 Å². The van der Waals surface area contributed by atoms with E-state index in [0.29, 0.717) is 18.2 Å². The van der Waals surface area contributed by atoms with Crippen molar-refractivity contribution >= 4 is 29.2 Å². The van der Waals surface area contributed by atoms with Crippen LogP contribution in [0.25, 0.3) is 5.65 Å². The lowest BCUT2D eigenvalue weighted by atomic mass is 9.97. The average molecular weight is 378 g/mol. The van der Waals surface area contributed by atoms with Gasteiger partial charge in [-0.3, -0.25) is 9.79 Å². The second kappa shape index (κ2) is 8.40. The van der Waals surface area contributed by atoms with Crippen LogP contribution < -0.4 is 5.32 Å². The number of pyridine rings is 1. The highest BCUT2D eigenvalue weighted by Crippen LogP contribution is 2.19. The molecule has 0 saturated carbocycles. The molecule has 2 aromatic rings. The number of esters is 1. The van der Waals surface area contributed by atoms with Crippen molar-refractivity contribution in [2.45, 2.75) is 26.3 Å². The third-order valence-corrected chi connectivity index (χ3v) is 4.74. The quantitative estimate of drug-likeness (QED) is 0.503. The zero-order valence-electron chi connectivity index (χ0n) is 15.1. The Morgan fingerprint density at radius 1 is 1.38 bits per heavy atom. The standard InChI is InChI=1S/C18H24ClN5O2/c1-3-26-17(25)13-6-8-23(9-7-13)18(20-2)21-10-15-12-24-11-14(19)4-5-16(24)22-15/h4-5,11-13H,3,6-10H2,1-2H3,(H,20,21). The molecule has 3 rings (SSSR count). The zero-order valence-corrected chi connectivity index (χ0v) is 15.9. The molecule has 2 aromatic heterocycles. The minimum atomic E-state index is -0.0848. The summed E-state index contributed by atoms with van der Waals surface area (Å²) < 4.78 is 7.03. The van der Waals surface area contributed by atoms with E-state index in [2.05, 4.69) is 20.2 Å². The average Bonchev–Trinajstić information content (AvgIpc) is 3.05. The van der Waals surface area contributed by atoms with Crippen molar-refractivity contribution in [3.05, 3.63) is 35.2 Å². The number of piperidine rings is 1. The smallest absolute Gasteiger partial charge is 0.309 e. The number of ether oxygens (including phenoxy) is 1. The molecule has 1 aliphatic heterocycles. The number of halogens is 1. The van der Waals surface area contributed by atoms with Crippen LogP contribution in [0.4, 0.5) is 0 Å². The molecule has 1 N–H and O–H groups in total. The van der Waals surface area contributed by atoms with Gasteiger partial charge in [0, 0.05) is 32.5 Å². The highest BCUT2D eigenvalue weighted by molar-refractivity contribution is 6.30. The van der Waals surface area contributed by atoms with Gasteiger partial charge in [-0.15, -0.1) is 0 Å². The number of carbonyl (C=O) groups is 1. The van der Waals surface area contributed by atoms with Crippen LogP contribution in [0.5, 0.6) is 0 Å². The maximum absolute atomic E-state index is 11.9. The molecule has 26 heavy (non-hydrogen) atoms. The molecule has 0 spiro atoms. The number of nitrogens with one attached hydrogen (secondary N) is 1. The van der Waals surface area contributed by atoms with Gasteiger partial charge in [0.25, 0.3) is 0 Å². The minimum Gasteiger partial charge on any atom is -0.466 e. The van der Waals surface area contributed by atoms with E-state index < -0.39 is 0 Å². The van der Waals surface area contributed by atoms with Crippen LogP contribution in [0.3, 0.4) is 0 Å². The number of guanidine groups is 1. The van der Waals surface area contributed by atoms with Gasteiger partial charge in [0.2, 0.25) is 0 Å². The fourth-order valence-electron chi connectivity index (χ4n) is 3.19. The number of imidazole rings is 1. The number of aromatic nitrogens is 2. The number of hydrogen-bond acceptors (Lipinski definition) is 4. The van der Waals surface area contributed by atoms with Crippen LogP contribution in [0.2, 0.25) is 5.02 Å². The summed E-state index contributed by atoms with van der Waals surface area (Å²) in [6.45, 7) is 4.41. The van der Waals surface area contributed by atoms with E-state index in [-0.39, 0.29) is 11.9 Å². The highest BCUT2D eigenvalue weighted by Gasteiger charge is 2.27. The number of hydrogen-bond donors (Lipinski definition) is 1. The van der Waals surface area contributed by atoms with Crippen LogP contribution in [0.1, 0.15) is 25.5 Å². The topological polar surface area (TPSA) is 71.2 Å². The first kappa shape index (κ1) is 18.5. The summed E-state index contributed by atoms with van der Waals surface area (Å²) in [7, 11) is 1.77. The SMILES string of the molecule is CCOC(=O)C1CCN(C(=NC)NCc2cn3cc(Cl)ccc3n2)CC1. The molecule has 8 heteroatoms. The first-order chi connectivity index (χ1) is 12.6. The summed E-state index contributed by atoms with van der Waals surface area (Å²) in [5, 5.41) is 4.03. The van der Waals surface area contributed by atoms with Crippen LogP contribution in [-0.2, 0) is 16.1 Å². The van der Waals surface area contributed by atoms with E-state index in [1.165, 1.54) is 0 Å². The van der Waals surface area contributed by atoms with Gasteiger partial charge in [-0.1, -0.05) is 11.6 Å². The fourth-order valence-corrected chi connectivity index (χ4v) is 3.36. The van der Waals surface area contributed by atoms with Gasteiger partial charge in [0.05, 0.1) is 29.8 Å². The molecule has 7 nitrogen and oxygen atoms in total. The van der Waals surface area contributed by atoms with E-state index >= 15 is 0 Å². The van der Waals surface area contributed by atoms with Gasteiger partial charge < -0.3 is 19.4 Å². The highest BCUT2D eigenvalue weighted by atomic mass is 35.5. The number of nitrogens with zero attached hydrogens (tertiary/aromatic N) is 4. The molecule has 0 unspecified atom stereocenters. The maximum atomic E-state index is 11.9. The third kappa shape index (κ3) is 4.27. The van der Waals surface area contributed by atoms with Gasteiger partial charge in [-0.05, 0) is 31.9 Å². The third-order valence-electron chi connectivity index (χ3n) is 4.52. The minimum absolute atomic E-state index is 0.00695. The number of rotatable bonds is 4. The monoisotopic (exact) mass is 377 g/mol. The Morgan fingerprint density at radius 2 is 2.15 bits per heavy atom. The Hall–Kier alpha value is -2.28. The molecule has 0 bridgehead atoms. The second-order valence-corrected chi connectivity index (χ2v) is 6.70. The number of carbonyl (C=O) groups excluding carboxylic acids is 1. The van der Waals surface area contributed by atoms with Gasteiger partial charge in [0.1, 0.15) is 5.65 Å². The van der Waals surface area contributed by atoms with Crippen molar-refractivity contribution in [3.8, 4) is 0 Å². The van der Waals surface area contributed by atoms with Crippen LogP contribution in [0, 0.1) is 5.92 Å². The number of likely N-dealkylation sites (tertiary alicyclic amines) is 1. The van der Waals surface area contributed by atoms with Gasteiger partial charge >= 0.3 is 5.97 Å². The molecule has 0 radical (unpaired) electrons. The molecule has 0 aromatic carbocycles. The summed E-state index contributed by atoms with van der Waals surface area (Å²) in [6, 6.07) is 3.72. The summed E-state index contributed by atoms with van der Waals surface area (Å²) in [4.78, 5) is 23.0. The molecule has 140 valence electrons. The predicted molar refractivity (Wildman–Crippen MR) is 101 cm³/mol. The lowest BCUT2D eigenvalue weighted by Gasteiger charge is -2.33. The first-order valence-electron chi connectivity index (χ1n) is 8.86. The second-order valence-electron chi connectivity index (χ2n) is 6.26. The predicted octanol–water partition coefficient (Wildman–Crippen LogP) is 2.34. The summed E-state index contributed by atoms with van der Waals surface area (Å²) in [5.41, 5.74) is 1.77. The van der Waals surface area contributed by atoms with Crippen molar-refractivity contribution in [2.24, 2.45) is 10.9 Å². The van der Waals surface area contributed by atoms with E-state index in [9.17, 15) is 4.79 Å². The Balaban J connectivity index is 1.55. The Morgan fingerprint density at radius 3 is 2.85 bits per heavy atom. The largest absolute Gasteiger partial charge is 0.466 e. The van der Waals surface area contributed by atoms with Crippen LogP contribution >= 0.6 is 11.6 Å². The lowest BCUT2D eigenvalue weighted by Crippen LogP contribution is -2.46. The zero-order chi connectivity index (χ0) is 18.5. The normalized spacial score (nSPS) is 16.1. The summed E-state index contributed by atoms with van der Waals surface area (Å²) >= 11 is 6.01. The summed E-state index contributed by atoms with van der Waals surface area (Å²) in [5.74, 6) is 0.730. The Kier molecular flexibility index (Phi) is 5.98. The van der Waals surface area contributed by atoms with Crippen molar-refractivity contribution in [1.82, 2.24) is 19.6 Å². The van der Waals surface area contributed by atoms with Gasteiger partial charge in [0.15, 0.2) is 5.96 Å². The van der Waals surface area contributed by atoms with E-state index in [1.54, 1.807) is 7.05 Å². The molecule has 0 aliphatic carbocycles. The summed E-state index contributed by atoms with van der Waals surface area (Å²) in [6.07, 6.45) is 5.36. The van der Waals surface area contributed by atoms with Crippen LogP contribution in [-0.4, -0.2) is 53.0 Å². The first-order valence-corrected chi connectivity index (χ1v) is 9.24. The molecular weight excluding hydrogens is 354 g/mol. The molecular formula is C18H24ClN5O2. The maximum Gasteiger partial charge on any atom is 0.309 e. The van der Waals surface area contributed by atoms with Crippen LogP contribution in [0.15, 0.2) is 29.5 Å². The molecule has 1 fully saturated rings. The molecule has 0 atom stereocenters. The van der Waals surface area contributed by atoms with E-state index in [4.69, 9.17) is 16.3 Å². The fraction of sp³-hybridized carbons (Fsp3) is 0.500. The Labute approximate surface area is 158 Å². The lowest BCUT2D eigenvalue weighted by molar-refractivity contribution is -0.149. The van der Waals surface area contributed by atoms with Gasteiger partial charge in [-0.25, -0.2) is 4.98 Å². The number of aliphatic imine (C=N–C) groups is 1.